The van der Waals surface area contributed by atoms with E-state index in [-0.39, 0.29) is 30.5 Å². The first-order valence-electron chi connectivity index (χ1n) is 12.7. The predicted octanol–water partition coefficient (Wildman–Crippen LogP) is 3.51. The number of ether oxygens (including phenoxy) is 4. The van der Waals surface area contributed by atoms with Crippen molar-refractivity contribution in [1.82, 2.24) is 0 Å². The molecule has 4 fully saturated rings. The minimum absolute atomic E-state index is 0.0676. The third kappa shape index (κ3) is 3.28. The van der Waals surface area contributed by atoms with Crippen LogP contribution in [0.15, 0.2) is 12.2 Å². The lowest BCUT2D eigenvalue weighted by atomic mass is 9.44. The van der Waals surface area contributed by atoms with Crippen molar-refractivity contribution in [2.24, 2.45) is 40.4 Å². The van der Waals surface area contributed by atoms with E-state index in [9.17, 15) is 10.2 Å². The Morgan fingerprint density at radius 2 is 1.88 bits per heavy atom. The molecule has 6 heteroatoms. The quantitative estimate of drug-likeness (QED) is 0.493. The molecule has 3 saturated carbocycles. The maximum Gasteiger partial charge on any atom is 0.160 e. The zero-order valence-electron chi connectivity index (χ0n) is 20.2. The molecule has 0 bridgehead atoms. The number of methoxy groups -OCH3 is 1. The van der Waals surface area contributed by atoms with Crippen LogP contribution >= 0.6 is 0 Å². The van der Waals surface area contributed by atoms with Gasteiger partial charge in [0.1, 0.15) is 6.79 Å². The molecule has 0 spiro atoms. The van der Waals surface area contributed by atoms with Gasteiger partial charge in [0.15, 0.2) is 6.29 Å². The van der Waals surface area contributed by atoms with Gasteiger partial charge >= 0.3 is 0 Å². The number of rotatable bonds is 5. The summed E-state index contributed by atoms with van der Waals surface area (Å²) in [6, 6.07) is 0. The zero-order valence-corrected chi connectivity index (χ0v) is 20.2. The van der Waals surface area contributed by atoms with Crippen molar-refractivity contribution in [3.8, 4) is 0 Å². The van der Waals surface area contributed by atoms with E-state index < -0.39 is 17.1 Å². The molecule has 4 aliphatic carbocycles. The molecule has 0 amide bonds. The Labute approximate surface area is 192 Å². The Kier molecular flexibility index (Phi) is 6.04. The molecule has 2 N–H and O–H groups in total. The van der Waals surface area contributed by atoms with Crippen LogP contribution < -0.4 is 0 Å². The molecule has 1 heterocycles. The molecular formula is C26H42O6. The second kappa shape index (κ2) is 8.31. The summed E-state index contributed by atoms with van der Waals surface area (Å²) in [5, 5.41) is 23.2. The van der Waals surface area contributed by atoms with Crippen molar-refractivity contribution >= 4 is 0 Å². The fourth-order valence-electron chi connectivity index (χ4n) is 8.75. The summed E-state index contributed by atoms with van der Waals surface area (Å²) >= 11 is 0. The maximum atomic E-state index is 11.8. The third-order valence-corrected chi connectivity index (χ3v) is 10.6. The standard InChI is InChI=1S/C26H42O6/c1-16(23-30-11-12-31-23)19-5-6-20-18-7-10-26(28)14-17(32-15-29-4)13-22(27)25(26,3)21(18)8-9-24(19,20)2/h7,10,16-23,27-28H,5-6,8-9,11-15H2,1-4H3/t16?,17-,18-,19+,20-,21-,22-,24+,25-,26+/m0/s1. The van der Waals surface area contributed by atoms with Crippen molar-refractivity contribution in [2.75, 3.05) is 27.1 Å². The van der Waals surface area contributed by atoms with Gasteiger partial charge in [-0.05, 0) is 54.8 Å². The lowest BCUT2D eigenvalue weighted by molar-refractivity contribution is -0.231. The molecule has 6 nitrogen and oxygen atoms in total. The molecule has 0 aromatic rings. The molecule has 1 unspecified atom stereocenters. The van der Waals surface area contributed by atoms with E-state index in [0.29, 0.717) is 49.7 Å². The minimum Gasteiger partial charge on any atom is -0.392 e. The van der Waals surface area contributed by atoms with Crippen LogP contribution in [0.1, 0.15) is 59.3 Å². The van der Waals surface area contributed by atoms with Gasteiger partial charge in [0, 0.05) is 31.3 Å². The first-order chi connectivity index (χ1) is 15.2. The van der Waals surface area contributed by atoms with Crippen LogP contribution in [0.3, 0.4) is 0 Å². The molecule has 5 aliphatic rings. The van der Waals surface area contributed by atoms with Crippen LogP contribution in [0, 0.1) is 40.4 Å². The summed E-state index contributed by atoms with van der Waals surface area (Å²) in [6.45, 7) is 8.53. The molecule has 1 aliphatic heterocycles. The average molecular weight is 451 g/mol. The SMILES string of the molecule is COCO[C@H]1C[C@H](O)[C@]2(C)[C@H]3CC[C@]4(C)[C@@H](C(C)C5OCCO5)CC[C@H]4[C@@H]3C=C[C@@]2(O)C1. The van der Waals surface area contributed by atoms with Crippen LogP contribution in [-0.4, -0.2) is 61.4 Å². The van der Waals surface area contributed by atoms with Crippen LogP contribution in [-0.2, 0) is 18.9 Å². The smallest absolute Gasteiger partial charge is 0.160 e. The van der Waals surface area contributed by atoms with E-state index in [4.69, 9.17) is 18.9 Å². The Balaban J connectivity index is 1.40. The van der Waals surface area contributed by atoms with E-state index in [1.807, 2.05) is 6.08 Å². The monoisotopic (exact) mass is 450 g/mol. The van der Waals surface area contributed by atoms with Crippen LogP contribution in [0.4, 0.5) is 0 Å². The third-order valence-electron chi connectivity index (χ3n) is 10.6. The molecule has 0 aromatic heterocycles. The van der Waals surface area contributed by atoms with E-state index in [1.165, 1.54) is 12.8 Å². The van der Waals surface area contributed by atoms with Crippen molar-refractivity contribution in [1.29, 1.82) is 0 Å². The molecule has 0 aromatic carbocycles. The van der Waals surface area contributed by atoms with Crippen molar-refractivity contribution < 1.29 is 29.2 Å². The molecule has 182 valence electrons. The van der Waals surface area contributed by atoms with E-state index in [2.05, 4.69) is 26.8 Å². The maximum absolute atomic E-state index is 11.8. The Bertz CT molecular complexity index is 721. The summed E-state index contributed by atoms with van der Waals surface area (Å²) in [5.41, 5.74) is -1.35. The Hall–Kier alpha value is -0.500. The highest BCUT2D eigenvalue weighted by molar-refractivity contribution is 5.26. The molecule has 0 radical (unpaired) electrons. The number of aliphatic hydroxyl groups is 2. The molecular weight excluding hydrogens is 408 g/mol. The summed E-state index contributed by atoms with van der Waals surface area (Å²) in [7, 11) is 1.60. The molecule has 5 rings (SSSR count). The lowest BCUT2D eigenvalue weighted by Gasteiger charge is -2.63. The first kappa shape index (κ1) is 23.3. The van der Waals surface area contributed by atoms with Crippen LogP contribution in [0.25, 0.3) is 0 Å². The highest BCUT2D eigenvalue weighted by Gasteiger charge is 2.66. The van der Waals surface area contributed by atoms with E-state index in [0.717, 1.165) is 12.8 Å². The lowest BCUT2D eigenvalue weighted by Crippen LogP contribution is -2.66. The van der Waals surface area contributed by atoms with Crippen molar-refractivity contribution in [3.05, 3.63) is 12.2 Å². The Morgan fingerprint density at radius 1 is 1.12 bits per heavy atom. The second-order valence-corrected chi connectivity index (χ2v) is 11.7. The van der Waals surface area contributed by atoms with Gasteiger partial charge in [-0.3, -0.25) is 0 Å². The highest BCUT2D eigenvalue weighted by Crippen LogP contribution is 2.67. The van der Waals surface area contributed by atoms with Gasteiger partial charge in [-0.2, -0.15) is 0 Å². The molecule has 1 saturated heterocycles. The van der Waals surface area contributed by atoms with Gasteiger partial charge in [-0.1, -0.05) is 32.9 Å². The highest BCUT2D eigenvalue weighted by atomic mass is 16.7. The largest absolute Gasteiger partial charge is 0.392 e. The number of hydrogen-bond acceptors (Lipinski definition) is 6. The fourth-order valence-corrected chi connectivity index (χ4v) is 8.75. The van der Waals surface area contributed by atoms with Crippen LogP contribution in [0.5, 0.6) is 0 Å². The van der Waals surface area contributed by atoms with Gasteiger partial charge < -0.3 is 29.2 Å². The van der Waals surface area contributed by atoms with Gasteiger partial charge in [-0.15, -0.1) is 0 Å². The van der Waals surface area contributed by atoms with Gasteiger partial charge in [0.2, 0.25) is 0 Å². The summed E-state index contributed by atoms with van der Waals surface area (Å²) in [6.07, 6.45) is 9.12. The van der Waals surface area contributed by atoms with Crippen molar-refractivity contribution in [3.63, 3.8) is 0 Å². The number of aliphatic hydroxyl groups excluding tert-OH is 1. The summed E-state index contributed by atoms with van der Waals surface area (Å²) in [5.74, 6) is 2.22. The minimum atomic E-state index is -1.05. The van der Waals surface area contributed by atoms with Gasteiger partial charge in [0.05, 0.1) is 31.0 Å². The summed E-state index contributed by atoms with van der Waals surface area (Å²) in [4.78, 5) is 0. The normalized spacial score (nSPS) is 51.8. The Morgan fingerprint density at radius 3 is 2.59 bits per heavy atom. The van der Waals surface area contributed by atoms with Crippen LogP contribution in [0.2, 0.25) is 0 Å². The fraction of sp³-hybridized carbons (Fsp3) is 0.923. The first-order valence-corrected chi connectivity index (χ1v) is 12.7. The molecule has 32 heavy (non-hydrogen) atoms. The van der Waals surface area contributed by atoms with E-state index >= 15 is 0 Å². The van der Waals surface area contributed by atoms with Gasteiger partial charge in [0.25, 0.3) is 0 Å². The number of hydrogen-bond donors (Lipinski definition) is 2. The van der Waals surface area contributed by atoms with Gasteiger partial charge in [-0.25, -0.2) is 0 Å². The average Bonchev–Trinajstić information content (AvgIpc) is 3.41. The topological polar surface area (TPSA) is 77.4 Å². The number of fused-ring (bicyclic) bond motifs is 5. The van der Waals surface area contributed by atoms with Crippen molar-refractivity contribution in [2.45, 2.75) is 83.4 Å². The predicted molar refractivity (Wildman–Crippen MR) is 120 cm³/mol. The second-order valence-electron chi connectivity index (χ2n) is 11.7. The van der Waals surface area contributed by atoms with E-state index in [1.54, 1.807) is 7.11 Å². The molecule has 10 atom stereocenters. The summed E-state index contributed by atoms with van der Waals surface area (Å²) < 4.78 is 22.6. The zero-order chi connectivity index (χ0) is 22.7. The number of allylic oxidation sites excluding steroid dienone is 1.